The highest BCUT2D eigenvalue weighted by Gasteiger charge is 2.47. The largest absolute Gasteiger partial charge is 0.497 e. The molecule has 3 aromatic carbocycles. The highest BCUT2D eigenvalue weighted by molar-refractivity contribution is 6.30. The van der Waals surface area contributed by atoms with Gasteiger partial charge in [0, 0.05) is 17.5 Å². The van der Waals surface area contributed by atoms with Crippen LogP contribution in [-0.4, -0.2) is 29.9 Å². The second kappa shape index (κ2) is 12.3. The maximum Gasteiger partial charge on any atom is 0.247 e. The number of nitrogens with zero attached hydrogens (tertiary/aromatic N) is 1. The molecule has 0 radical (unpaired) electrons. The topological polar surface area (TPSA) is 58.6 Å². The molecule has 3 saturated carbocycles. The minimum atomic E-state index is -0.723. The molecule has 0 spiro atoms. The Morgan fingerprint density at radius 1 is 0.949 bits per heavy atom. The first-order chi connectivity index (χ1) is 18.9. The normalized spacial score (nSPS) is 21.3. The van der Waals surface area contributed by atoms with Crippen molar-refractivity contribution in [2.75, 3.05) is 7.11 Å². The fourth-order valence-corrected chi connectivity index (χ4v) is 6.37. The number of nitrogens with one attached hydrogen (secondary N) is 1. The molecule has 0 heterocycles. The number of hydrogen-bond acceptors (Lipinski definition) is 3. The summed E-state index contributed by atoms with van der Waals surface area (Å²) in [5.41, 5.74) is 2.88. The van der Waals surface area contributed by atoms with Crippen LogP contribution in [0.2, 0.25) is 5.02 Å². The molecule has 3 aromatic rings. The van der Waals surface area contributed by atoms with Gasteiger partial charge in [0.05, 0.1) is 13.2 Å². The Bertz CT molecular complexity index is 1250. The summed E-state index contributed by atoms with van der Waals surface area (Å²) in [4.78, 5) is 30.2. The summed E-state index contributed by atoms with van der Waals surface area (Å²) in [6.45, 7) is 1.99. The minimum absolute atomic E-state index is 0.0173. The first kappa shape index (κ1) is 27.3. The summed E-state index contributed by atoms with van der Waals surface area (Å²) in [6, 6.07) is 24.3. The van der Waals surface area contributed by atoms with Crippen LogP contribution in [0.3, 0.4) is 0 Å². The summed E-state index contributed by atoms with van der Waals surface area (Å²) in [7, 11) is 1.65. The van der Waals surface area contributed by atoms with Gasteiger partial charge < -0.3 is 15.0 Å². The van der Waals surface area contributed by atoms with Crippen LogP contribution in [0, 0.1) is 11.8 Å². The van der Waals surface area contributed by atoms with Crippen LogP contribution >= 0.6 is 11.6 Å². The molecule has 204 valence electrons. The van der Waals surface area contributed by atoms with E-state index < -0.39 is 6.04 Å². The maximum absolute atomic E-state index is 14.1. The van der Waals surface area contributed by atoms with Gasteiger partial charge in [0.25, 0.3) is 0 Å². The molecule has 6 heteroatoms. The predicted octanol–water partition coefficient (Wildman–Crippen LogP) is 6.92. The highest BCUT2D eigenvalue weighted by atomic mass is 35.5. The van der Waals surface area contributed by atoms with Crippen LogP contribution in [0.15, 0.2) is 78.9 Å². The van der Waals surface area contributed by atoms with E-state index in [9.17, 15) is 9.59 Å². The quantitative estimate of drug-likeness (QED) is 0.301. The Balaban J connectivity index is 1.45. The fourth-order valence-electron chi connectivity index (χ4n) is 6.24. The third-order valence-corrected chi connectivity index (χ3v) is 8.74. The molecular weight excluding hydrogens is 508 g/mol. The van der Waals surface area contributed by atoms with E-state index in [2.05, 4.69) is 5.32 Å². The number of fused-ring (bicyclic) bond motifs is 2. The zero-order chi connectivity index (χ0) is 27.4. The van der Waals surface area contributed by atoms with Crippen molar-refractivity contribution < 1.29 is 14.3 Å². The van der Waals surface area contributed by atoms with Crippen molar-refractivity contribution in [3.05, 3.63) is 101 Å². The summed E-state index contributed by atoms with van der Waals surface area (Å²) in [5.74, 6) is 1.86. The van der Waals surface area contributed by atoms with Crippen molar-refractivity contribution in [1.29, 1.82) is 0 Å². The summed E-state index contributed by atoms with van der Waals surface area (Å²) < 4.78 is 5.28. The molecule has 2 amide bonds. The number of aryl methyl sites for hydroxylation is 1. The number of halogens is 1. The molecule has 3 fully saturated rings. The molecule has 39 heavy (non-hydrogen) atoms. The van der Waals surface area contributed by atoms with E-state index in [1.54, 1.807) is 19.2 Å². The molecule has 0 saturated heterocycles. The zero-order valence-electron chi connectivity index (χ0n) is 22.7. The molecule has 0 aromatic heterocycles. The van der Waals surface area contributed by atoms with Gasteiger partial charge in [0.2, 0.25) is 11.8 Å². The van der Waals surface area contributed by atoms with E-state index in [0.717, 1.165) is 54.0 Å². The Morgan fingerprint density at radius 3 is 2.26 bits per heavy atom. The molecule has 3 aliphatic carbocycles. The van der Waals surface area contributed by atoms with Gasteiger partial charge in [0.15, 0.2) is 0 Å². The number of hydrogen-bond donors (Lipinski definition) is 1. The summed E-state index contributed by atoms with van der Waals surface area (Å²) in [5, 5.41) is 3.82. The minimum Gasteiger partial charge on any atom is -0.497 e. The Kier molecular flexibility index (Phi) is 8.56. The van der Waals surface area contributed by atoms with Crippen molar-refractivity contribution in [3.8, 4) is 5.75 Å². The van der Waals surface area contributed by atoms with Crippen LogP contribution < -0.4 is 10.1 Å². The average Bonchev–Trinajstić information content (AvgIpc) is 2.95. The van der Waals surface area contributed by atoms with Gasteiger partial charge in [-0.3, -0.25) is 9.59 Å². The first-order valence-corrected chi connectivity index (χ1v) is 14.4. The lowest BCUT2D eigenvalue weighted by Gasteiger charge is -2.52. The van der Waals surface area contributed by atoms with Crippen molar-refractivity contribution in [3.63, 3.8) is 0 Å². The molecule has 5 nitrogen and oxygen atoms in total. The van der Waals surface area contributed by atoms with Crippen LogP contribution in [0.25, 0.3) is 0 Å². The van der Waals surface area contributed by atoms with E-state index in [1.807, 2.05) is 78.6 Å². The number of rotatable bonds is 10. The monoisotopic (exact) mass is 544 g/mol. The standard InChI is InChI=1S/C33H37ClN2O3/c1-22(25-6-4-3-5-7-25)35-33(38)32(26-12-14-28(34)15-13-26)36(30-18-10-24-20-27(30)21-24)31(37)19-11-23-8-16-29(39-2)17-9-23/h3-9,12-17,22,24,27,30,32H,10-11,18-21H2,1-2H3,(H,35,38). The fraction of sp³-hybridized carbons (Fsp3) is 0.394. The third-order valence-electron chi connectivity index (χ3n) is 8.49. The van der Waals surface area contributed by atoms with Crippen LogP contribution in [-0.2, 0) is 16.0 Å². The SMILES string of the molecule is COc1ccc(CCC(=O)N(C(C(=O)NC(C)c2ccccc2)c2ccc(Cl)cc2)C2CCC3CC2C3)cc1. The van der Waals surface area contributed by atoms with Crippen LogP contribution in [0.4, 0.5) is 0 Å². The number of amides is 2. The van der Waals surface area contributed by atoms with Gasteiger partial charge in [-0.25, -0.2) is 0 Å². The number of carbonyl (C=O) groups excluding carboxylic acids is 2. The van der Waals surface area contributed by atoms with Gasteiger partial charge >= 0.3 is 0 Å². The Labute approximate surface area is 236 Å². The predicted molar refractivity (Wildman–Crippen MR) is 155 cm³/mol. The Hall–Kier alpha value is -3.31. The van der Waals surface area contributed by atoms with E-state index in [-0.39, 0.29) is 23.9 Å². The van der Waals surface area contributed by atoms with Crippen molar-refractivity contribution in [2.45, 2.75) is 63.6 Å². The first-order valence-electron chi connectivity index (χ1n) is 14.0. The van der Waals surface area contributed by atoms with Crippen LogP contribution in [0.5, 0.6) is 5.75 Å². The second-order valence-electron chi connectivity index (χ2n) is 11.0. The van der Waals surface area contributed by atoms with Crippen molar-refractivity contribution >= 4 is 23.4 Å². The van der Waals surface area contributed by atoms with E-state index >= 15 is 0 Å². The van der Waals surface area contributed by atoms with Gasteiger partial charge in [-0.1, -0.05) is 66.2 Å². The second-order valence-corrected chi connectivity index (χ2v) is 11.4. The van der Waals surface area contributed by atoms with Gasteiger partial charge in [0.1, 0.15) is 11.8 Å². The van der Waals surface area contributed by atoms with Gasteiger partial charge in [-0.05, 0) is 91.8 Å². The van der Waals surface area contributed by atoms with Crippen LogP contribution in [0.1, 0.15) is 67.8 Å². The van der Waals surface area contributed by atoms with E-state index in [4.69, 9.17) is 16.3 Å². The molecule has 1 N–H and O–H groups in total. The Morgan fingerprint density at radius 2 is 1.64 bits per heavy atom. The smallest absolute Gasteiger partial charge is 0.247 e. The van der Waals surface area contributed by atoms with E-state index in [1.165, 1.54) is 0 Å². The maximum atomic E-state index is 14.1. The third kappa shape index (κ3) is 6.30. The van der Waals surface area contributed by atoms with Crippen molar-refractivity contribution in [2.24, 2.45) is 11.8 Å². The molecular formula is C33H37ClN2O3. The number of methoxy groups -OCH3 is 1. The van der Waals surface area contributed by atoms with E-state index in [0.29, 0.717) is 23.8 Å². The zero-order valence-corrected chi connectivity index (χ0v) is 23.4. The summed E-state index contributed by atoms with van der Waals surface area (Å²) >= 11 is 6.23. The molecule has 3 atom stereocenters. The highest BCUT2D eigenvalue weighted by Crippen LogP contribution is 2.49. The summed E-state index contributed by atoms with van der Waals surface area (Å²) in [6.07, 6.45) is 5.28. The lowest BCUT2D eigenvalue weighted by Crippen LogP contribution is -2.56. The molecule has 6 rings (SSSR count). The van der Waals surface area contributed by atoms with Gasteiger partial charge in [-0.15, -0.1) is 0 Å². The number of benzene rings is 3. The molecule has 2 bridgehead atoms. The average molecular weight is 545 g/mol. The number of ether oxygens (including phenoxy) is 1. The number of carbonyl (C=O) groups is 2. The van der Waals surface area contributed by atoms with Gasteiger partial charge in [-0.2, -0.15) is 0 Å². The molecule has 3 unspecified atom stereocenters. The molecule has 3 aliphatic rings. The molecule has 0 aliphatic heterocycles. The lowest BCUT2D eigenvalue weighted by molar-refractivity contribution is -0.149. The van der Waals surface area contributed by atoms with Crippen molar-refractivity contribution in [1.82, 2.24) is 10.2 Å². The lowest BCUT2D eigenvalue weighted by atomic mass is 9.62.